The first-order valence-corrected chi connectivity index (χ1v) is 6.90. The van der Waals surface area contributed by atoms with Crippen molar-refractivity contribution >= 4 is 44.8 Å². The molecule has 0 bridgehead atoms. The Morgan fingerprint density at radius 1 is 1.47 bits per heavy atom. The van der Waals surface area contributed by atoms with E-state index in [9.17, 15) is 4.79 Å². The Hall–Kier alpha value is -1.46. The van der Waals surface area contributed by atoms with Gasteiger partial charge in [-0.15, -0.1) is 0 Å². The molecule has 1 heterocycles. The van der Waals surface area contributed by atoms with Crippen LogP contribution in [0.5, 0.6) is 0 Å². The summed E-state index contributed by atoms with van der Waals surface area (Å²) >= 11 is 9.22. The van der Waals surface area contributed by atoms with Crippen molar-refractivity contribution in [3.05, 3.63) is 45.7 Å². The summed E-state index contributed by atoms with van der Waals surface area (Å²) in [6.07, 6.45) is 1.74. The molecule has 1 amide bonds. The summed E-state index contributed by atoms with van der Waals surface area (Å²) in [5.41, 5.74) is 7.47. The largest absolute Gasteiger partial charge is 0.397 e. The van der Waals surface area contributed by atoms with Gasteiger partial charge in [-0.2, -0.15) is 0 Å². The van der Waals surface area contributed by atoms with Gasteiger partial charge in [-0.25, -0.2) is 0 Å². The number of halogens is 2. The zero-order valence-electron chi connectivity index (χ0n) is 10.3. The second-order valence-corrected chi connectivity index (χ2v) is 5.31. The normalized spacial score (nSPS) is 10.5. The number of nitrogens with two attached hydrogens (primary N) is 1. The molecule has 19 heavy (non-hydrogen) atoms. The van der Waals surface area contributed by atoms with Gasteiger partial charge in [0.05, 0.1) is 11.4 Å². The molecule has 1 aromatic carbocycles. The minimum Gasteiger partial charge on any atom is -0.397 e. The molecule has 6 heteroatoms. The van der Waals surface area contributed by atoms with Gasteiger partial charge in [0.15, 0.2) is 0 Å². The van der Waals surface area contributed by atoms with E-state index in [4.69, 9.17) is 17.3 Å². The molecule has 0 saturated carbocycles. The van der Waals surface area contributed by atoms with Gasteiger partial charge >= 0.3 is 0 Å². The third kappa shape index (κ3) is 3.11. The van der Waals surface area contributed by atoms with E-state index in [1.807, 2.05) is 6.92 Å². The third-order valence-corrected chi connectivity index (χ3v) is 3.56. The fourth-order valence-corrected chi connectivity index (χ4v) is 2.54. The van der Waals surface area contributed by atoms with Crippen LogP contribution in [0.1, 0.15) is 17.4 Å². The molecule has 2 aromatic rings. The highest BCUT2D eigenvalue weighted by Gasteiger charge is 2.13. The summed E-state index contributed by atoms with van der Waals surface area (Å²) in [6.45, 7) is 2.64. The predicted octanol–water partition coefficient (Wildman–Crippen LogP) is 3.76. The van der Waals surface area contributed by atoms with E-state index in [2.05, 4.69) is 21.2 Å². The molecule has 4 nitrogen and oxygen atoms in total. The molecular weight excluding hydrogens is 330 g/mol. The second-order valence-electron chi connectivity index (χ2n) is 4.02. The number of amides is 1. The topological polar surface area (TPSA) is 60.0 Å². The van der Waals surface area contributed by atoms with Crippen LogP contribution in [-0.2, 0) is 6.54 Å². The number of hydrogen-bond donors (Lipinski definition) is 2. The number of rotatable bonds is 3. The lowest BCUT2D eigenvalue weighted by Gasteiger charge is -2.09. The molecule has 0 aliphatic carbocycles. The standard InChI is InChI=1S/C13H13BrClN3O/c1-2-18-7-9(16)6-12(18)13(19)17-11-4-3-8(15)5-10(11)14/h3-7H,2,16H2,1H3,(H,17,19). The highest BCUT2D eigenvalue weighted by atomic mass is 79.9. The first-order chi connectivity index (χ1) is 9.01. The molecule has 100 valence electrons. The zero-order chi connectivity index (χ0) is 14.0. The maximum Gasteiger partial charge on any atom is 0.272 e. The van der Waals surface area contributed by atoms with Crippen molar-refractivity contribution in [2.24, 2.45) is 0 Å². The fourth-order valence-electron chi connectivity index (χ4n) is 1.76. The molecule has 0 aliphatic heterocycles. The SMILES string of the molecule is CCn1cc(N)cc1C(=O)Nc1ccc(Cl)cc1Br. The van der Waals surface area contributed by atoms with Gasteiger partial charge in [0, 0.05) is 22.2 Å². The van der Waals surface area contributed by atoms with E-state index >= 15 is 0 Å². The minimum atomic E-state index is -0.207. The molecular formula is C13H13BrClN3O. The number of nitrogen functional groups attached to an aromatic ring is 1. The van der Waals surface area contributed by atoms with E-state index < -0.39 is 0 Å². The maximum absolute atomic E-state index is 12.2. The highest BCUT2D eigenvalue weighted by molar-refractivity contribution is 9.10. The number of aryl methyl sites for hydroxylation is 1. The van der Waals surface area contributed by atoms with Crippen LogP contribution in [0.3, 0.4) is 0 Å². The van der Waals surface area contributed by atoms with Gasteiger partial charge in [-0.3, -0.25) is 4.79 Å². The first kappa shape index (κ1) is 14.0. The first-order valence-electron chi connectivity index (χ1n) is 5.73. The number of nitrogens with one attached hydrogen (secondary N) is 1. The second kappa shape index (κ2) is 5.67. The monoisotopic (exact) mass is 341 g/mol. The van der Waals surface area contributed by atoms with Crippen molar-refractivity contribution < 1.29 is 4.79 Å². The van der Waals surface area contributed by atoms with E-state index in [-0.39, 0.29) is 5.91 Å². The summed E-state index contributed by atoms with van der Waals surface area (Å²) in [5.74, 6) is -0.207. The number of carbonyl (C=O) groups is 1. The molecule has 0 atom stereocenters. The lowest BCUT2D eigenvalue weighted by Crippen LogP contribution is -2.16. The lowest BCUT2D eigenvalue weighted by atomic mass is 10.3. The number of benzene rings is 1. The van der Waals surface area contributed by atoms with Crippen molar-refractivity contribution in [2.45, 2.75) is 13.5 Å². The molecule has 1 aromatic heterocycles. The van der Waals surface area contributed by atoms with Crippen LogP contribution in [-0.4, -0.2) is 10.5 Å². The average Bonchev–Trinajstić information content (AvgIpc) is 2.74. The number of carbonyl (C=O) groups excluding carboxylic acids is 1. The molecule has 3 N–H and O–H groups in total. The molecule has 0 spiro atoms. The van der Waals surface area contributed by atoms with E-state index in [1.165, 1.54) is 0 Å². The molecule has 0 radical (unpaired) electrons. The minimum absolute atomic E-state index is 0.207. The van der Waals surface area contributed by atoms with Gasteiger partial charge in [0.25, 0.3) is 5.91 Å². The Balaban J connectivity index is 2.25. The van der Waals surface area contributed by atoms with E-state index in [0.29, 0.717) is 28.6 Å². The van der Waals surface area contributed by atoms with Crippen LogP contribution < -0.4 is 11.1 Å². The van der Waals surface area contributed by atoms with Crippen LogP contribution in [0.15, 0.2) is 34.9 Å². The Morgan fingerprint density at radius 3 is 2.84 bits per heavy atom. The lowest BCUT2D eigenvalue weighted by molar-refractivity contribution is 0.101. The maximum atomic E-state index is 12.2. The molecule has 0 saturated heterocycles. The molecule has 0 fully saturated rings. The highest BCUT2D eigenvalue weighted by Crippen LogP contribution is 2.26. The molecule has 2 rings (SSSR count). The van der Waals surface area contributed by atoms with Crippen molar-refractivity contribution in [1.29, 1.82) is 0 Å². The number of aromatic nitrogens is 1. The summed E-state index contributed by atoms with van der Waals surface area (Å²) in [5, 5.41) is 3.42. The number of anilines is 2. The van der Waals surface area contributed by atoms with Crippen LogP contribution in [0.25, 0.3) is 0 Å². The number of nitrogens with zero attached hydrogens (tertiary/aromatic N) is 1. The summed E-state index contributed by atoms with van der Waals surface area (Å²) < 4.78 is 2.53. The Bertz CT molecular complexity index is 624. The molecule has 0 aliphatic rings. The van der Waals surface area contributed by atoms with Crippen molar-refractivity contribution in [1.82, 2.24) is 4.57 Å². The van der Waals surface area contributed by atoms with Gasteiger partial charge in [-0.05, 0) is 47.1 Å². The fraction of sp³-hybridized carbons (Fsp3) is 0.154. The quantitative estimate of drug-likeness (QED) is 0.892. The van der Waals surface area contributed by atoms with Crippen LogP contribution in [0, 0.1) is 0 Å². The van der Waals surface area contributed by atoms with Crippen molar-refractivity contribution in [2.75, 3.05) is 11.1 Å². The number of hydrogen-bond acceptors (Lipinski definition) is 2. The average molecular weight is 343 g/mol. The third-order valence-electron chi connectivity index (χ3n) is 2.67. The summed E-state index contributed by atoms with van der Waals surface area (Å²) in [6, 6.07) is 6.84. The van der Waals surface area contributed by atoms with Crippen molar-refractivity contribution in [3.8, 4) is 0 Å². The van der Waals surface area contributed by atoms with Crippen LogP contribution >= 0.6 is 27.5 Å². The predicted molar refractivity (Wildman–Crippen MR) is 81.6 cm³/mol. The van der Waals surface area contributed by atoms with E-state index in [1.54, 1.807) is 35.0 Å². The van der Waals surface area contributed by atoms with Gasteiger partial charge in [-0.1, -0.05) is 11.6 Å². The summed E-state index contributed by atoms with van der Waals surface area (Å²) in [4.78, 5) is 12.2. The Morgan fingerprint density at radius 2 is 2.21 bits per heavy atom. The molecule has 0 unspecified atom stereocenters. The van der Waals surface area contributed by atoms with E-state index in [0.717, 1.165) is 4.47 Å². The van der Waals surface area contributed by atoms with Crippen LogP contribution in [0.2, 0.25) is 5.02 Å². The van der Waals surface area contributed by atoms with Crippen LogP contribution in [0.4, 0.5) is 11.4 Å². The smallest absolute Gasteiger partial charge is 0.272 e. The summed E-state index contributed by atoms with van der Waals surface area (Å²) in [7, 11) is 0. The van der Waals surface area contributed by atoms with Gasteiger partial charge in [0.1, 0.15) is 5.69 Å². The van der Waals surface area contributed by atoms with Crippen molar-refractivity contribution in [3.63, 3.8) is 0 Å². The zero-order valence-corrected chi connectivity index (χ0v) is 12.6. The van der Waals surface area contributed by atoms with Gasteiger partial charge < -0.3 is 15.6 Å². The Kier molecular flexibility index (Phi) is 4.17. The van der Waals surface area contributed by atoms with Gasteiger partial charge in [0.2, 0.25) is 0 Å². The Labute approximate surface area is 124 Å².